The van der Waals surface area contributed by atoms with E-state index in [4.69, 9.17) is 5.11 Å². The predicted molar refractivity (Wildman–Crippen MR) is 71.2 cm³/mol. The summed E-state index contributed by atoms with van der Waals surface area (Å²) in [6, 6.07) is 8.23. The maximum absolute atomic E-state index is 11.8. The largest absolute Gasteiger partial charge is 0.480 e. The summed E-state index contributed by atoms with van der Waals surface area (Å²) in [7, 11) is 0. The zero-order valence-electron chi connectivity index (χ0n) is 9.95. The maximum Gasteiger partial charge on any atom is 0.326 e. The molecule has 2 aromatic rings. The molecule has 0 spiro atoms. The molecule has 1 unspecified atom stereocenters. The number of aliphatic carboxylic acids is 1. The number of carbonyl (C=O) groups excluding carboxylic acids is 1. The van der Waals surface area contributed by atoms with Crippen molar-refractivity contribution in [3.8, 4) is 0 Å². The molecule has 19 heavy (non-hydrogen) atoms. The Morgan fingerprint density at radius 2 is 2.05 bits per heavy atom. The van der Waals surface area contributed by atoms with E-state index in [2.05, 4.69) is 10.3 Å². The van der Waals surface area contributed by atoms with Gasteiger partial charge < -0.3 is 10.4 Å². The Morgan fingerprint density at radius 3 is 2.63 bits per heavy atom. The molecule has 1 aromatic carbocycles. The quantitative estimate of drug-likeness (QED) is 0.868. The molecule has 0 fully saturated rings. The highest BCUT2D eigenvalue weighted by Crippen LogP contribution is 2.08. The number of amides is 1. The summed E-state index contributed by atoms with van der Waals surface area (Å²) in [5.41, 5.74) is 2.39. The third kappa shape index (κ3) is 3.62. The SMILES string of the molecule is O=C(NC(Cc1ccccc1)C(=O)O)c1cncs1. The van der Waals surface area contributed by atoms with E-state index in [-0.39, 0.29) is 6.42 Å². The summed E-state index contributed by atoms with van der Waals surface area (Å²) in [5, 5.41) is 11.7. The molecule has 2 N–H and O–H groups in total. The standard InChI is InChI=1S/C13H12N2O3S/c16-12(11-7-14-8-19-11)15-10(13(17)18)6-9-4-2-1-3-5-9/h1-5,7-8,10H,6H2,(H,15,16)(H,17,18). The molecule has 1 heterocycles. The van der Waals surface area contributed by atoms with Gasteiger partial charge in [-0.15, -0.1) is 11.3 Å². The Hall–Kier alpha value is -2.21. The highest BCUT2D eigenvalue weighted by Gasteiger charge is 2.21. The number of aromatic nitrogens is 1. The topological polar surface area (TPSA) is 79.3 Å². The molecule has 1 atom stereocenters. The Balaban J connectivity index is 2.05. The lowest BCUT2D eigenvalue weighted by molar-refractivity contribution is -0.139. The lowest BCUT2D eigenvalue weighted by atomic mass is 10.1. The van der Waals surface area contributed by atoms with E-state index in [0.717, 1.165) is 5.56 Å². The van der Waals surface area contributed by atoms with Gasteiger partial charge in [0.1, 0.15) is 10.9 Å². The summed E-state index contributed by atoms with van der Waals surface area (Å²) in [4.78, 5) is 27.2. The van der Waals surface area contributed by atoms with Crippen molar-refractivity contribution in [2.75, 3.05) is 0 Å². The van der Waals surface area contributed by atoms with Crippen LogP contribution in [0, 0.1) is 0 Å². The van der Waals surface area contributed by atoms with Crippen molar-refractivity contribution < 1.29 is 14.7 Å². The number of carboxylic acid groups (broad SMARTS) is 1. The number of thiazole rings is 1. The Bertz CT molecular complexity index is 555. The van der Waals surface area contributed by atoms with Gasteiger partial charge in [-0.05, 0) is 5.56 Å². The minimum Gasteiger partial charge on any atom is -0.480 e. The maximum atomic E-state index is 11.8. The molecule has 0 saturated heterocycles. The molecular formula is C13H12N2O3S. The molecule has 0 radical (unpaired) electrons. The first-order valence-corrected chi connectivity index (χ1v) is 6.51. The van der Waals surface area contributed by atoms with E-state index in [9.17, 15) is 9.59 Å². The van der Waals surface area contributed by atoms with Crippen LogP contribution < -0.4 is 5.32 Å². The lowest BCUT2D eigenvalue weighted by Crippen LogP contribution is -2.42. The number of carboxylic acids is 1. The Morgan fingerprint density at radius 1 is 1.32 bits per heavy atom. The van der Waals surface area contributed by atoms with E-state index in [1.807, 2.05) is 30.3 Å². The number of hydrogen-bond donors (Lipinski definition) is 2. The first-order valence-electron chi connectivity index (χ1n) is 5.63. The summed E-state index contributed by atoms with van der Waals surface area (Å²) in [6.45, 7) is 0. The predicted octanol–water partition coefficient (Wildman–Crippen LogP) is 1.57. The van der Waals surface area contributed by atoms with Crippen molar-refractivity contribution in [1.29, 1.82) is 0 Å². The molecule has 0 saturated carbocycles. The second-order valence-electron chi connectivity index (χ2n) is 3.92. The summed E-state index contributed by atoms with van der Waals surface area (Å²) >= 11 is 1.17. The number of benzene rings is 1. The van der Waals surface area contributed by atoms with Crippen molar-refractivity contribution in [2.45, 2.75) is 12.5 Å². The third-order valence-electron chi connectivity index (χ3n) is 2.54. The minimum atomic E-state index is -1.05. The molecule has 1 aromatic heterocycles. The zero-order valence-corrected chi connectivity index (χ0v) is 10.8. The highest BCUT2D eigenvalue weighted by molar-refractivity contribution is 7.11. The lowest BCUT2D eigenvalue weighted by Gasteiger charge is -2.13. The van der Waals surface area contributed by atoms with Gasteiger partial charge in [0.25, 0.3) is 5.91 Å². The van der Waals surface area contributed by atoms with E-state index in [0.29, 0.717) is 4.88 Å². The molecule has 6 heteroatoms. The second kappa shape index (κ2) is 6.10. The van der Waals surface area contributed by atoms with Crippen molar-refractivity contribution in [3.63, 3.8) is 0 Å². The molecule has 0 bridgehead atoms. The smallest absolute Gasteiger partial charge is 0.326 e. The van der Waals surface area contributed by atoms with Gasteiger partial charge in [0, 0.05) is 6.42 Å². The number of nitrogens with zero attached hydrogens (tertiary/aromatic N) is 1. The molecule has 0 aliphatic rings. The van der Waals surface area contributed by atoms with Gasteiger partial charge in [0.2, 0.25) is 0 Å². The van der Waals surface area contributed by atoms with Gasteiger partial charge in [-0.25, -0.2) is 4.79 Å². The van der Waals surface area contributed by atoms with E-state index in [1.54, 1.807) is 0 Å². The number of hydrogen-bond acceptors (Lipinski definition) is 4. The van der Waals surface area contributed by atoms with Crippen molar-refractivity contribution in [3.05, 3.63) is 52.5 Å². The van der Waals surface area contributed by atoms with Crippen LogP contribution in [-0.2, 0) is 11.2 Å². The van der Waals surface area contributed by atoms with Gasteiger partial charge in [0.15, 0.2) is 0 Å². The monoisotopic (exact) mass is 276 g/mol. The Kier molecular flexibility index (Phi) is 4.25. The molecule has 98 valence electrons. The van der Waals surface area contributed by atoms with Crippen molar-refractivity contribution >= 4 is 23.2 Å². The van der Waals surface area contributed by atoms with Crippen LogP contribution in [0.15, 0.2) is 42.0 Å². The summed E-state index contributed by atoms with van der Waals surface area (Å²) < 4.78 is 0. The first kappa shape index (κ1) is 13.2. The fourth-order valence-electron chi connectivity index (χ4n) is 1.61. The van der Waals surface area contributed by atoms with E-state index >= 15 is 0 Å². The minimum absolute atomic E-state index is 0.251. The average molecular weight is 276 g/mol. The first-order chi connectivity index (χ1) is 9.16. The molecular weight excluding hydrogens is 264 g/mol. The Labute approximate surface area is 113 Å². The van der Waals surface area contributed by atoms with Crippen LogP contribution in [-0.4, -0.2) is 28.0 Å². The van der Waals surface area contributed by atoms with Crippen LogP contribution in [0.2, 0.25) is 0 Å². The van der Waals surface area contributed by atoms with Gasteiger partial charge >= 0.3 is 5.97 Å². The zero-order chi connectivity index (χ0) is 13.7. The average Bonchev–Trinajstić information content (AvgIpc) is 2.93. The molecule has 5 nitrogen and oxygen atoms in total. The number of nitrogens with one attached hydrogen (secondary N) is 1. The van der Waals surface area contributed by atoms with Gasteiger partial charge in [0.05, 0.1) is 11.7 Å². The van der Waals surface area contributed by atoms with Gasteiger partial charge in [-0.2, -0.15) is 0 Å². The molecule has 0 aliphatic carbocycles. The number of carbonyl (C=O) groups is 2. The third-order valence-corrected chi connectivity index (χ3v) is 3.31. The number of rotatable bonds is 5. The fraction of sp³-hybridized carbons (Fsp3) is 0.154. The van der Waals surface area contributed by atoms with Gasteiger partial charge in [-0.3, -0.25) is 9.78 Å². The van der Waals surface area contributed by atoms with Crippen molar-refractivity contribution in [1.82, 2.24) is 10.3 Å². The molecule has 1 amide bonds. The normalized spacial score (nSPS) is 11.8. The molecule has 0 aliphatic heterocycles. The van der Waals surface area contributed by atoms with Crippen LogP contribution in [0.1, 0.15) is 15.2 Å². The van der Waals surface area contributed by atoms with Crippen LogP contribution in [0.3, 0.4) is 0 Å². The van der Waals surface area contributed by atoms with Crippen LogP contribution in [0.25, 0.3) is 0 Å². The van der Waals surface area contributed by atoms with Gasteiger partial charge in [-0.1, -0.05) is 30.3 Å². The van der Waals surface area contributed by atoms with E-state index in [1.165, 1.54) is 23.0 Å². The van der Waals surface area contributed by atoms with Crippen LogP contribution in [0.4, 0.5) is 0 Å². The van der Waals surface area contributed by atoms with E-state index < -0.39 is 17.9 Å². The second-order valence-corrected chi connectivity index (χ2v) is 4.81. The highest BCUT2D eigenvalue weighted by atomic mass is 32.1. The summed E-state index contributed by atoms with van der Waals surface area (Å²) in [6.07, 6.45) is 1.67. The summed E-state index contributed by atoms with van der Waals surface area (Å²) in [5.74, 6) is -1.47. The molecule has 2 rings (SSSR count). The fourth-order valence-corrected chi connectivity index (χ4v) is 2.13. The van der Waals surface area contributed by atoms with Crippen LogP contribution >= 0.6 is 11.3 Å². The van der Waals surface area contributed by atoms with Crippen molar-refractivity contribution in [2.24, 2.45) is 0 Å². The van der Waals surface area contributed by atoms with Crippen LogP contribution in [0.5, 0.6) is 0 Å².